The molecule has 1 heterocycles. The molecule has 1 aromatic carbocycles. The predicted molar refractivity (Wildman–Crippen MR) is 60.0 cm³/mol. The molecule has 1 aliphatic rings. The predicted octanol–water partition coefficient (Wildman–Crippen LogP) is 2.37. The van der Waals surface area contributed by atoms with Gasteiger partial charge in [-0.2, -0.15) is 0 Å². The SMILES string of the molecule is Fc1c(Cl)ccc(Cl)c1[C@@H]1CNCCN1. The van der Waals surface area contributed by atoms with Gasteiger partial charge in [0.25, 0.3) is 0 Å². The molecule has 1 fully saturated rings. The van der Waals surface area contributed by atoms with Gasteiger partial charge in [-0.3, -0.25) is 0 Å². The Hall–Kier alpha value is -0.350. The maximum Gasteiger partial charge on any atom is 0.148 e. The highest BCUT2D eigenvalue weighted by atomic mass is 35.5. The zero-order valence-corrected chi connectivity index (χ0v) is 9.50. The first-order valence-electron chi connectivity index (χ1n) is 4.77. The van der Waals surface area contributed by atoms with Gasteiger partial charge >= 0.3 is 0 Å². The Morgan fingerprint density at radius 3 is 2.60 bits per heavy atom. The van der Waals surface area contributed by atoms with Crippen molar-refractivity contribution < 1.29 is 4.39 Å². The largest absolute Gasteiger partial charge is 0.314 e. The lowest BCUT2D eigenvalue weighted by Gasteiger charge is -2.26. The Morgan fingerprint density at radius 1 is 1.20 bits per heavy atom. The van der Waals surface area contributed by atoms with Crippen molar-refractivity contribution in [3.05, 3.63) is 33.6 Å². The van der Waals surface area contributed by atoms with Crippen molar-refractivity contribution in [2.24, 2.45) is 0 Å². The molecular weight excluding hydrogens is 238 g/mol. The number of halogens is 3. The smallest absolute Gasteiger partial charge is 0.148 e. The molecule has 1 saturated heterocycles. The second-order valence-corrected chi connectivity index (χ2v) is 4.28. The summed E-state index contributed by atoms with van der Waals surface area (Å²) in [5.74, 6) is -0.426. The molecule has 0 spiro atoms. The van der Waals surface area contributed by atoms with Crippen LogP contribution in [0.25, 0.3) is 0 Å². The first kappa shape index (κ1) is 11.1. The van der Waals surface area contributed by atoms with Gasteiger partial charge in [0.2, 0.25) is 0 Å². The summed E-state index contributed by atoms with van der Waals surface area (Å²) >= 11 is 11.7. The van der Waals surface area contributed by atoms with Crippen molar-refractivity contribution in [1.82, 2.24) is 10.6 Å². The second kappa shape index (κ2) is 4.66. The maximum atomic E-state index is 13.8. The molecule has 2 rings (SSSR count). The number of hydrogen-bond acceptors (Lipinski definition) is 2. The van der Waals surface area contributed by atoms with Gasteiger partial charge in [-0.25, -0.2) is 4.39 Å². The minimum absolute atomic E-state index is 0.107. The van der Waals surface area contributed by atoms with Crippen LogP contribution >= 0.6 is 23.2 Å². The van der Waals surface area contributed by atoms with Crippen LogP contribution in [0.3, 0.4) is 0 Å². The van der Waals surface area contributed by atoms with E-state index in [2.05, 4.69) is 10.6 Å². The van der Waals surface area contributed by atoms with Crippen molar-refractivity contribution in [1.29, 1.82) is 0 Å². The summed E-state index contributed by atoms with van der Waals surface area (Å²) in [5, 5.41) is 6.90. The van der Waals surface area contributed by atoms with Gasteiger partial charge in [0.15, 0.2) is 0 Å². The Kier molecular flexibility index (Phi) is 3.46. The molecule has 2 nitrogen and oxygen atoms in total. The van der Waals surface area contributed by atoms with Crippen LogP contribution in [-0.4, -0.2) is 19.6 Å². The molecule has 82 valence electrons. The highest BCUT2D eigenvalue weighted by Gasteiger charge is 2.22. The van der Waals surface area contributed by atoms with Gasteiger partial charge < -0.3 is 10.6 Å². The summed E-state index contributed by atoms with van der Waals surface area (Å²) in [6, 6.07) is 2.99. The third-order valence-corrected chi connectivity index (χ3v) is 3.09. The van der Waals surface area contributed by atoms with Gasteiger partial charge in [0, 0.05) is 36.3 Å². The molecule has 5 heteroatoms. The van der Waals surface area contributed by atoms with E-state index in [1.54, 1.807) is 6.07 Å². The van der Waals surface area contributed by atoms with Crippen molar-refractivity contribution in [2.75, 3.05) is 19.6 Å². The van der Waals surface area contributed by atoms with E-state index in [0.717, 1.165) is 13.1 Å². The fourth-order valence-electron chi connectivity index (χ4n) is 1.72. The molecule has 0 bridgehead atoms. The molecule has 0 radical (unpaired) electrons. The quantitative estimate of drug-likeness (QED) is 0.746. The van der Waals surface area contributed by atoms with Crippen LogP contribution in [0, 0.1) is 5.82 Å². The summed E-state index contributed by atoms with van der Waals surface area (Å²) in [4.78, 5) is 0. The van der Waals surface area contributed by atoms with Crippen LogP contribution in [-0.2, 0) is 0 Å². The van der Waals surface area contributed by atoms with Crippen LogP contribution < -0.4 is 10.6 Å². The number of benzene rings is 1. The summed E-state index contributed by atoms with van der Waals surface area (Å²) in [7, 11) is 0. The van der Waals surface area contributed by atoms with E-state index in [9.17, 15) is 4.39 Å². The van der Waals surface area contributed by atoms with Crippen LogP contribution in [0.1, 0.15) is 11.6 Å². The lowest BCUT2D eigenvalue weighted by atomic mass is 10.0. The third-order valence-electron chi connectivity index (χ3n) is 2.47. The Labute approximate surface area is 97.8 Å². The summed E-state index contributed by atoms with van der Waals surface area (Å²) < 4.78 is 13.8. The fourth-order valence-corrected chi connectivity index (χ4v) is 2.16. The number of rotatable bonds is 1. The van der Waals surface area contributed by atoms with Gasteiger partial charge in [0.05, 0.1) is 5.02 Å². The zero-order valence-electron chi connectivity index (χ0n) is 7.99. The highest BCUT2D eigenvalue weighted by molar-refractivity contribution is 6.33. The van der Waals surface area contributed by atoms with Crippen LogP contribution in [0.5, 0.6) is 0 Å². The summed E-state index contributed by atoms with van der Waals surface area (Å²) in [5.41, 5.74) is 0.455. The van der Waals surface area contributed by atoms with E-state index < -0.39 is 5.82 Å². The minimum atomic E-state index is -0.426. The van der Waals surface area contributed by atoms with Gasteiger partial charge in [-0.05, 0) is 12.1 Å². The zero-order chi connectivity index (χ0) is 10.8. The summed E-state index contributed by atoms with van der Waals surface area (Å²) in [6.07, 6.45) is 0. The van der Waals surface area contributed by atoms with Gasteiger partial charge in [-0.1, -0.05) is 23.2 Å². The first-order valence-corrected chi connectivity index (χ1v) is 5.53. The molecule has 0 amide bonds. The average molecular weight is 249 g/mol. The lowest BCUT2D eigenvalue weighted by Crippen LogP contribution is -2.43. The van der Waals surface area contributed by atoms with Crippen molar-refractivity contribution >= 4 is 23.2 Å². The van der Waals surface area contributed by atoms with E-state index in [-0.39, 0.29) is 11.1 Å². The topological polar surface area (TPSA) is 24.1 Å². The van der Waals surface area contributed by atoms with Crippen LogP contribution in [0.15, 0.2) is 12.1 Å². The molecule has 0 aromatic heterocycles. The molecule has 15 heavy (non-hydrogen) atoms. The van der Waals surface area contributed by atoms with Gasteiger partial charge in [0.1, 0.15) is 5.82 Å². The maximum absolute atomic E-state index is 13.8. The monoisotopic (exact) mass is 248 g/mol. The molecule has 1 aliphatic heterocycles. The van der Waals surface area contributed by atoms with E-state index in [0.29, 0.717) is 17.1 Å². The van der Waals surface area contributed by atoms with Crippen molar-refractivity contribution in [3.63, 3.8) is 0 Å². The highest BCUT2D eigenvalue weighted by Crippen LogP contribution is 2.30. The lowest BCUT2D eigenvalue weighted by molar-refractivity contribution is 0.417. The minimum Gasteiger partial charge on any atom is -0.314 e. The van der Waals surface area contributed by atoms with Crippen molar-refractivity contribution in [3.8, 4) is 0 Å². The molecule has 0 aliphatic carbocycles. The molecular formula is C10H11Cl2FN2. The molecule has 1 atom stereocenters. The number of hydrogen-bond donors (Lipinski definition) is 2. The normalized spacial score (nSPS) is 21.7. The van der Waals surface area contributed by atoms with Crippen LogP contribution in [0.2, 0.25) is 10.0 Å². The van der Waals surface area contributed by atoms with Crippen molar-refractivity contribution in [2.45, 2.75) is 6.04 Å². The Balaban J connectivity index is 2.36. The van der Waals surface area contributed by atoms with E-state index >= 15 is 0 Å². The van der Waals surface area contributed by atoms with E-state index in [1.165, 1.54) is 6.07 Å². The molecule has 0 saturated carbocycles. The average Bonchev–Trinajstić information content (AvgIpc) is 2.26. The Bertz CT molecular complexity index is 365. The first-order chi connectivity index (χ1) is 7.20. The molecule has 0 unspecified atom stereocenters. The van der Waals surface area contributed by atoms with Gasteiger partial charge in [-0.15, -0.1) is 0 Å². The Morgan fingerprint density at radius 2 is 1.93 bits per heavy atom. The second-order valence-electron chi connectivity index (χ2n) is 3.47. The van der Waals surface area contributed by atoms with E-state index in [1.807, 2.05) is 0 Å². The molecule has 2 N–H and O–H groups in total. The fraction of sp³-hybridized carbons (Fsp3) is 0.400. The number of nitrogens with one attached hydrogen (secondary N) is 2. The van der Waals surface area contributed by atoms with E-state index in [4.69, 9.17) is 23.2 Å². The third kappa shape index (κ3) is 2.26. The standard InChI is InChI=1S/C10H11Cl2FN2/c11-6-1-2-7(12)10(13)9(6)8-5-14-3-4-15-8/h1-2,8,14-15H,3-5H2/t8-/m0/s1. The molecule has 1 aromatic rings. The van der Waals surface area contributed by atoms with Crippen LogP contribution in [0.4, 0.5) is 4.39 Å². The summed E-state index contributed by atoms with van der Waals surface area (Å²) in [6.45, 7) is 2.35. The number of piperazine rings is 1.